The van der Waals surface area contributed by atoms with Crippen LogP contribution in [0, 0.1) is 17.8 Å². The summed E-state index contributed by atoms with van der Waals surface area (Å²) in [5.74, 6) is 1.17. The van der Waals surface area contributed by atoms with Gasteiger partial charge in [-0.15, -0.1) is 0 Å². The molecule has 0 saturated heterocycles. The lowest BCUT2D eigenvalue weighted by atomic mass is 9.93. The van der Waals surface area contributed by atoms with Gasteiger partial charge >= 0.3 is 0 Å². The van der Waals surface area contributed by atoms with Crippen LogP contribution in [0.2, 0.25) is 0 Å². The number of hydrogen-bond donors (Lipinski definition) is 1. The number of amides is 1. The summed E-state index contributed by atoms with van der Waals surface area (Å²) in [5.41, 5.74) is 0. The lowest BCUT2D eigenvalue weighted by Crippen LogP contribution is -2.34. The molecule has 0 aromatic rings. The van der Waals surface area contributed by atoms with Crippen molar-refractivity contribution in [1.82, 2.24) is 5.32 Å². The third-order valence-corrected chi connectivity index (χ3v) is 3.01. The van der Waals surface area contributed by atoms with E-state index in [-0.39, 0.29) is 18.4 Å². The van der Waals surface area contributed by atoms with Crippen LogP contribution in [0.4, 0.5) is 4.39 Å². The third kappa shape index (κ3) is 1.60. The predicted molar refractivity (Wildman–Crippen MR) is 47.8 cm³/mol. The summed E-state index contributed by atoms with van der Waals surface area (Å²) in [5, 5.41) is 2.61. The molecule has 1 saturated carbocycles. The highest BCUT2D eigenvalue weighted by Crippen LogP contribution is 2.43. The summed E-state index contributed by atoms with van der Waals surface area (Å²) in [6, 6.07) is 0. The molecule has 1 fully saturated rings. The Balaban J connectivity index is 1.88. The van der Waals surface area contributed by atoms with Crippen molar-refractivity contribution in [3.63, 3.8) is 0 Å². The van der Waals surface area contributed by atoms with Crippen LogP contribution in [-0.2, 0) is 4.79 Å². The summed E-state index contributed by atoms with van der Waals surface area (Å²) >= 11 is 0. The molecule has 0 aromatic heterocycles. The molecule has 1 N–H and O–H groups in total. The van der Waals surface area contributed by atoms with E-state index in [2.05, 4.69) is 17.5 Å². The van der Waals surface area contributed by atoms with Gasteiger partial charge in [0.2, 0.25) is 5.91 Å². The van der Waals surface area contributed by atoms with Crippen molar-refractivity contribution in [3.8, 4) is 0 Å². The van der Waals surface area contributed by atoms with Crippen LogP contribution in [0.5, 0.6) is 0 Å². The van der Waals surface area contributed by atoms with Crippen LogP contribution in [0.15, 0.2) is 12.2 Å². The quantitative estimate of drug-likeness (QED) is 0.656. The highest BCUT2D eigenvalue weighted by atomic mass is 19.1. The van der Waals surface area contributed by atoms with Crippen molar-refractivity contribution in [1.29, 1.82) is 0 Å². The Morgan fingerprint density at radius 3 is 2.85 bits per heavy atom. The number of carbonyl (C=O) groups excluding carboxylic acids is 1. The zero-order valence-corrected chi connectivity index (χ0v) is 7.50. The molecule has 2 bridgehead atoms. The fourth-order valence-corrected chi connectivity index (χ4v) is 2.38. The van der Waals surface area contributed by atoms with E-state index < -0.39 is 6.67 Å². The second kappa shape index (κ2) is 3.48. The lowest BCUT2D eigenvalue weighted by molar-refractivity contribution is -0.125. The van der Waals surface area contributed by atoms with Gasteiger partial charge in [-0.2, -0.15) is 0 Å². The van der Waals surface area contributed by atoms with Crippen molar-refractivity contribution < 1.29 is 9.18 Å². The smallest absolute Gasteiger partial charge is 0.223 e. The minimum Gasteiger partial charge on any atom is -0.353 e. The van der Waals surface area contributed by atoms with Gasteiger partial charge in [-0.1, -0.05) is 12.2 Å². The standard InChI is InChI=1S/C10H14FNO/c11-3-4-12-10(13)9-6-7-1-2-8(9)5-7/h1-2,7-9H,3-6H2,(H,12,13). The average molecular weight is 183 g/mol. The number of hydrogen-bond acceptors (Lipinski definition) is 1. The molecule has 3 atom stereocenters. The summed E-state index contributed by atoms with van der Waals surface area (Å²) < 4.78 is 11.8. The number of fused-ring (bicyclic) bond motifs is 2. The summed E-state index contributed by atoms with van der Waals surface area (Å²) in [4.78, 5) is 11.5. The molecule has 3 unspecified atom stereocenters. The summed E-state index contributed by atoms with van der Waals surface area (Å²) in [6.45, 7) is -0.307. The first-order valence-corrected chi connectivity index (χ1v) is 4.83. The topological polar surface area (TPSA) is 29.1 Å². The van der Waals surface area contributed by atoms with E-state index in [1.807, 2.05) is 0 Å². The van der Waals surface area contributed by atoms with E-state index >= 15 is 0 Å². The van der Waals surface area contributed by atoms with Gasteiger partial charge in [0.25, 0.3) is 0 Å². The molecule has 0 radical (unpaired) electrons. The Hall–Kier alpha value is -0.860. The molecular formula is C10H14FNO. The fraction of sp³-hybridized carbons (Fsp3) is 0.700. The summed E-state index contributed by atoms with van der Waals surface area (Å²) in [6.07, 6.45) is 6.41. The van der Waals surface area contributed by atoms with Gasteiger partial charge in [-0.3, -0.25) is 4.79 Å². The number of carbonyl (C=O) groups is 1. The first-order valence-electron chi connectivity index (χ1n) is 4.83. The van der Waals surface area contributed by atoms with E-state index in [9.17, 15) is 9.18 Å². The SMILES string of the molecule is O=C(NCCF)C1CC2C=CC1C2. The van der Waals surface area contributed by atoms with E-state index in [4.69, 9.17) is 0 Å². The summed E-state index contributed by atoms with van der Waals surface area (Å²) in [7, 11) is 0. The Morgan fingerprint density at radius 1 is 1.46 bits per heavy atom. The van der Waals surface area contributed by atoms with Gasteiger partial charge in [-0.25, -0.2) is 4.39 Å². The highest BCUT2D eigenvalue weighted by molar-refractivity contribution is 5.79. The first kappa shape index (κ1) is 8.73. The van der Waals surface area contributed by atoms with Gasteiger partial charge in [0.05, 0.1) is 0 Å². The van der Waals surface area contributed by atoms with Crippen LogP contribution in [0.1, 0.15) is 12.8 Å². The van der Waals surface area contributed by atoms with Crippen LogP contribution < -0.4 is 5.32 Å². The molecule has 0 heterocycles. The average Bonchev–Trinajstić information content (AvgIpc) is 2.74. The molecule has 2 nitrogen and oxygen atoms in total. The van der Waals surface area contributed by atoms with Gasteiger partial charge in [-0.05, 0) is 24.7 Å². The number of rotatable bonds is 3. The second-order valence-corrected chi connectivity index (χ2v) is 3.87. The Kier molecular flexibility index (Phi) is 2.34. The molecular weight excluding hydrogens is 169 g/mol. The van der Waals surface area contributed by atoms with Crippen LogP contribution in [0.25, 0.3) is 0 Å². The van der Waals surface area contributed by atoms with Crippen LogP contribution in [-0.4, -0.2) is 19.1 Å². The Morgan fingerprint density at radius 2 is 2.31 bits per heavy atom. The Labute approximate surface area is 77.2 Å². The molecule has 2 aliphatic carbocycles. The zero-order chi connectivity index (χ0) is 9.26. The fourth-order valence-electron chi connectivity index (χ4n) is 2.38. The lowest BCUT2D eigenvalue weighted by Gasteiger charge is -2.16. The monoisotopic (exact) mass is 183 g/mol. The molecule has 0 aliphatic heterocycles. The normalized spacial score (nSPS) is 35.3. The van der Waals surface area contributed by atoms with Crippen molar-refractivity contribution >= 4 is 5.91 Å². The molecule has 72 valence electrons. The third-order valence-electron chi connectivity index (χ3n) is 3.01. The van der Waals surface area contributed by atoms with Crippen molar-refractivity contribution in [3.05, 3.63) is 12.2 Å². The van der Waals surface area contributed by atoms with Crippen LogP contribution >= 0.6 is 0 Å². The molecule has 0 aromatic carbocycles. The second-order valence-electron chi connectivity index (χ2n) is 3.87. The maximum Gasteiger partial charge on any atom is 0.223 e. The van der Waals surface area contributed by atoms with E-state index in [0.29, 0.717) is 11.8 Å². The van der Waals surface area contributed by atoms with Gasteiger partial charge in [0, 0.05) is 12.5 Å². The van der Waals surface area contributed by atoms with Crippen LogP contribution in [0.3, 0.4) is 0 Å². The minimum atomic E-state index is -0.470. The molecule has 1 amide bonds. The maximum absolute atomic E-state index is 11.8. The van der Waals surface area contributed by atoms with E-state index in [0.717, 1.165) is 12.8 Å². The van der Waals surface area contributed by atoms with Crippen molar-refractivity contribution in [2.24, 2.45) is 17.8 Å². The number of allylic oxidation sites excluding steroid dienone is 2. The molecule has 13 heavy (non-hydrogen) atoms. The van der Waals surface area contributed by atoms with Gasteiger partial charge in [0.15, 0.2) is 0 Å². The number of nitrogens with one attached hydrogen (secondary N) is 1. The largest absolute Gasteiger partial charge is 0.353 e. The van der Waals surface area contributed by atoms with E-state index in [1.54, 1.807) is 0 Å². The maximum atomic E-state index is 11.8. The first-order chi connectivity index (χ1) is 6.31. The predicted octanol–water partition coefficient (Wildman–Crippen LogP) is 1.28. The molecule has 0 spiro atoms. The van der Waals surface area contributed by atoms with Gasteiger partial charge in [0.1, 0.15) is 6.67 Å². The molecule has 3 heteroatoms. The number of halogens is 1. The van der Waals surface area contributed by atoms with Gasteiger partial charge < -0.3 is 5.32 Å². The van der Waals surface area contributed by atoms with E-state index in [1.165, 1.54) is 0 Å². The molecule has 2 rings (SSSR count). The Bertz CT molecular complexity index is 239. The number of alkyl halides is 1. The minimum absolute atomic E-state index is 0.0366. The zero-order valence-electron chi connectivity index (χ0n) is 7.50. The molecule has 2 aliphatic rings. The van der Waals surface area contributed by atoms with Crippen molar-refractivity contribution in [2.75, 3.05) is 13.2 Å². The van der Waals surface area contributed by atoms with Crippen molar-refractivity contribution in [2.45, 2.75) is 12.8 Å². The highest BCUT2D eigenvalue weighted by Gasteiger charge is 2.39.